The monoisotopic (exact) mass is 291 g/mol. The molecule has 0 aromatic carbocycles. The molecule has 0 aromatic heterocycles. The van der Waals surface area contributed by atoms with E-state index in [-0.39, 0.29) is 35.8 Å². The molecule has 2 atom stereocenters. The highest BCUT2D eigenvalue weighted by Gasteiger charge is 2.25. The van der Waals surface area contributed by atoms with Gasteiger partial charge in [-0.15, -0.1) is 12.4 Å². The van der Waals surface area contributed by atoms with Crippen LogP contribution >= 0.6 is 12.4 Å². The SMILES string of the molecule is CC(NC(=O)[C@@H]1CCCCN1)C(=O)NC(C)(C)C.Cl. The summed E-state index contributed by atoms with van der Waals surface area (Å²) in [6.45, 7) is 8.34. The van der Waals surface area contributed by atoms with Crippen molar-refractivity contribution in [3.8, 4) is 0 Å². The quantitative estimate of drug-likeness (QED) is 0.726. The Morgan fingerprint density at radius 1 is 1.26 bits per heavy atom. The first-order valence-corrected chi connectivity index (χ1v) is 6.65. The van der Waals surface area contributed by atoms with Crippen LogP contribution < -0.4 is 16.0 Å². The van der Waals surface area contributed by atoms with E-state index in [4.69, 9.17) is 0 Å². The van der Waals surface area contributed by atoms with Gasteiger partial charge in [0.2, 0.25) is 11.8 Å². The van der Waals surface area contributed by atoms with Crippen LogP contribution in [0.2, 0.25) is 0 Å². The topological polar surface area (TPSA) is 70.2 Å². The smallest absolute Gasteiger partial charge is 0.242 e. The molecule has 1 rings (SSSR count). The normalized spacial score (nSPS) is 20.9. The van der Waals surface area contributed by atoms with Crippen LogP contribution in [0.15, 0.2) is 0 Å². The molecule has 0 aliphatic carbocycles. The number of carbonyl (C=O) groups is 2. The summed E-state index contributed by atoms with van der Waals surface area (Å²) < 4.78 is 0. The zero-order chi connectivity index (χ0) is 13.8. The van der Waals surface area contributed by atoms with Gasteiger partial charge in [0, 0.05) is 5.54 Å². The van der Waals surface area contributed by atoms with Crippen LogP contribution in [0, 0.1) is 0 Å². The lowest BCUT2D eigenvalue weighted by Gasteiger charge is -2.26. The van der Waals surface area contributed by atoms with Gasteiger partial charge in [0.25, 0.3) is 0 Å². The first-order valence-electron chi connectivity index (χ1n) is 6.65. The fourth-order valence-electron chi connectivity index (χ4n) is 1.93. The molecule has 2 amide bonds. The number of halogens is 1. The number of rotatable bonds is 3. The van der Waals surface area contributed by atoms with Gasteiger partial charge in [0.15, 0.2) is 0 Å². The number of hydrogen-bond acceptors (Lipinski definition) is 3. The first kappa shape index (κ1) is 18.2. The molecule has 1 fully saturated rings. The third-order valence-electron chi connectivity index (χ3n) is 2.88. The maximum atomic E-state index is 11.9. The lowest BCUT2D eigenvalue weighted by molar-refractivity contribution is -0.130. The number of amides is 2. The van der Waals surface area contributed by atoms with Crippen molar-refractivity contribution in [2.24, 2.45) is 0 Å². The van der Waals surface area contributed by atoms with E-state index in [1.807, 2.05) is 20.8 Å². The summed E-state index contributed by atoms with van der Waals surface area (Å²) in [6.07, 6.45) is 3.02. The molecule has 1 aliphatic heterocycles. The third kappa shape index (κ3) is 6.78. The van der Waals surface area contributed by atoms with Crippen molar-refractivity contribution in [2.75, 3.05) is 6.54 Å². The van der Waals surface area contributed by atoms with E-state index in [0.29, 0.717) is 0 Å². The third-order valence-corrected chi connectivity index (χ3v) is 2.88. The second-order valence-electron chi connectivity index (χ2n) is 5.97. The second kappa shape index (κ2) is 7.70. The highest BCUT2D eigenvalue weighted by molar-refractivity contribution is 5.89. The van der Waals surface area contributed by atoms with E-state index in [1.54, 1.807) is 6.92 Å². The molecule has 5 nitrogen and oxygen atoms in total. The highest BCUT2D eigenvalue weighted by Crippen LogP contribution is 2.07. The summed E-state index contributed by atoms with van der Waals surface area (Å²) in [6, 6.07) is -0.649. The van der Waals surface area contributed by atoms with Crippen molar-refractivity contribution in [3.05, 3.63) is 0 Å². The zero-order valence-electron chi connectivity index (χ0n) is 12.2. The molecule has 1 saturated heterocycles. The molecule has 0 spiro atoms. The van der Waals surface area contributed by atoms with Gasteiger partial charge in [0.1, 0.15) is 6.04 Å². The van der Waals surface area contributed by atoms with Crippen molar-refractivity contribution < 1.29 is 9.59 Å². The Bertz CT molecular complexity index is 310. The van der Waals surface area contributed by atoms with Crippen LogP contribution in [0.1, 0.15) is 47.0 Å². The van der Waals surface area contributed by atoms with Crippen molar-refractivity contribution >= 4 is 24.2 Å². The van der Waals surface area contributed by atoms with E-state index in [0.717, 1.165) is 25.8 Å². The largest absolute Gasteiger partial charge is 0.350 e. The fourth-order valence-corrected chi connectivity index (χ4v) is 1.93. The molecule has 3 N–H and O–H groups in total. The van der Waals surface area contributed by atoms with E-state index in [1.165, 1.54) is 0 Å². The van der Waals surface area contributed by atoms with Crippen molar-refractivity contribution in [1.29, 1.82) is 0 Å². The molecule has 112 valence electrons. The lowest BCUT2D eigenvalue weighted by atomic mass is 10.0. The molecule has 0 radical (unpaired) electrons. The van der Waals surface area contributed by atoms with Crippen LogP contribution in [-0.4, -0.2) is 36.0 Å². The Morgan fingerprint density at radius 2 is 1.89 bits per heavy atom. The predicted octanol–water partition coefficient (Wildman–Crippen LogP) is 0.970. The zero-order valence-corrected chi connectivity index (χ0v) is 13.0. The van der Waals surface area contributed by atoms with Crippen LogP contribution in [0.4, 0.5) is 0 Å². The van der Waals surface area contributed by atoms with Gasteiger partial charge in [-0.2, -0.15) is 0 Å². The lowest BCUT2D eigenvalue weighted by Crippen LogP contribution is -2.55. The summed E-state index contributed by atoms with van der Waals surface area (Å²) >= 11 is 0. The number of nitrogens with one attached hydrogen (secondary N) is 3. The van der Waals surface area contributed by atoms with Crippen molar-refractivity contribution in [3.63, 3.8) is 0 Å². The summed E-state index contributed by atoms with van der Waals surface area (Å²) in [5, 5.41) is 8.78. The molecular formula is C13H26ClN3O2. The Morgan fingerprint density at radius 3 is 2.37 bits per heavy atom. The first-order chi connectivity index (χ1) is 8.29. The molecule has 1 heterocycles. The Balaban J connectivity index is 0.00000324. The number of carbonyl (C=O) groups excluding carboxylic acids is 2. The molecule has 1 unspecified atom stereocenters. The fraction of sp³-hybridized carbons (Fsp3) is 0.846. The minimum atomic E-state index is -0.500. The van der Waals surface area contributed by atoms with E-state index in [9.17, 15) is 9.59 Å². The van der Waals surface area contributed by atoms with Gasteiger partial charge in [-0.25, -0.2) is 0 Å². The van der Waals surface area contributed by atoms with Crippen LogP contribution in [0.5, 0.6) is 0 Å². The summed E-state index contributed by atoms with van der Waals surface area (Å²) in [5.41, 5.74) is -0.279. The van der Waals surface area contributed by atoms with Gasteiger partial charge in [-0.05, 0) is 47.1 Å². The summed E-state index contributed by atoms with van der Waals surface area (Å²) in [5.74, 6) is -0.224. The molecule has 0 saturated carbocycles. The molecule has 0 aromatic rings. The molecule has 0 bridgehead atoms. The predicted molar refractivity (Wildman–Crippen MR) is 78.4 cm³/mol. The number of hydrogen-bond donors (Lipinski definition) is 3. The van der Waals surface area contributed by atoms with E-state index < -0.39 is 6.04 Å². The van der Waals surface area contributed by atoms with Gasteiger partial charge in [0.05, 0.1) is 6.04 Å². The van der Waals surface area contributed by atoms with Crippen molar-refractivity contribution in [1.82, 2.24) is 16.0 Å². The highest BCUT2D eigenvalue weighted by atomic mass is 35.5. The van der Waals surface area contributed by atoms with Crippen LogP contribution in [-0.2, 0) is 9.59 Å². The summed E-state index contributed by atoms with van der Waals surface area (Å²) in [7, 11) is 0. The molecule has 6 heteroatoms. The van der Waals surface area contributed by atoms with Gasteiger partial charge >= 0.3 is 0 Å². The van der Waals surface area contributed by atoms with Crippen LogP contribution in [0.25, 0.3) is 0 Å². The van der Waals surface area contributed by atoms with Crippen LogP contribution in [0.3, 0.4) is 0 Å². The molecular weight excluding hydrogens is 266 g/mol. The van der Waals surface area contributed by atoms with E-state index in [2.05, 4.69) is 16.0 Å². The maximum Gasteiger partial charge on any atom is 0.242 e. The van der Waals surface area contributed by atoms with Gasteiger partial charge in [-0.3, -0.25) is 9.59 Å². The maximum absolute atomic E-state index is 11.9. The Hall–Kier alpha value is -0.810. The van der Waals surface area contributed by atoms with Gasteiger partial charge in [-0.1, -0.05) is 6.42 Å². The van der Waals surface area contributed by atoms with Gasteiger partial charge < -0.3 is 16.0 Å². The number of piperidine rings is 1. The second-order valence-corrected chi connectivity index (χ2v) is 5.97. The summed E-state index contributed by atoms with van der Waals surface area (Å²) in [4.78, 5) is 23.8. The van der Waals surface area contributed by atoms with E-state index >= 15 is 0 Å². The Labute approximate surface area is 121 Å². The molecule has 19 heavy (non-hydrogen) atoms. The minimum absolute atomic E-state index is 0. The Kier molecular flexibility index (Phi) is 7.37. The minimum Gasteiger partial charge on any atom is -0.350 e. The standard InChI is InChI=1S/C13H25N3O2.ClH/c1-9(11(17)16-13(2,3)4)15-12(18)10-7-5-6-8-14-10;/h9-10,14H,5-8H2,1-4H3,(H,15,18)(H,16,17);1H/t9?,10-;/m0./s1. The van der Waals surface area contributed by atoms with Crippen molar-refractivity contribution in [2.45, 2.75) is 64.6 Å². The average Bonchev–Trinajstić information content (AvgIpc) is 2.27. The molecule has 1 aliphatic rings. The average molecular weight is 292 g/mol.